The molecule has 7 heteroatoms. The number of aryl methyl sites for hydroxylation is 1. The molecule has 0 aromatic carbocycles. The van der Waals surface area contributed by atoms with E-state index in [1.807, 2.05) is 0 Å². The minimum absolute atomic E-state index is 0.103. The highest BCUT2D eigenvalue weighted by atomic mass is 35.5. The molecule has 0 amide bonds. The molecule has 2 N–H and O–H groups in total. The Morgan fingerprint density at radius 1 is 1.60 bits per heavy atom. The summed E-state index contributed by atoms with van der Waals surface area (Å²) in [6, 6.07) is 0. The summed E-state index contributed by atoms with van der Waals surface area (Å²) in [5, 5.41) is 3.18. The Kier molecular flexibility index (Phi) is 3.11. The molecule has 0 aliphatic carbocycles. The molecular weight excluding hydrogens is 231 g/mol. The fourth-order valence-electron chi connectivity index (χ4n) is 1.12. The SMILES string of the molecule is C=C(CN)c1c(C(F)(F)F)nn(C)c1Cl. The fraction of sp³-hybridized carbons (Fsp3) is 0.375. The molecule has 0 fully saturated rings. The van der Waals surface area contributed by atoms with E-state index in [1.54, 1.807) is 0 Å². The van der Waals surface area contributed by atoms with E-state index >= 15 is 0 Å². The van der Waals surface area contributed by atoms with Crippen molar-refractivity contribution in [1.29, 1.82) is 0 Å². The Labute approximate surface area is 89.3 Å². The van der Waals surface area contributed by atoms with Crippen LogP contribution in [0.4, 0.5) is 13.2 Å². The topological polar surface area (TPSA) is 43.8 Å². The van der Waals surface area contributed by atoms with Gasteiger partial charge in [0, 0.05) is 19.2 Å². The van der Waals surface area contributed by atoms with Crippen LogP contribution in [0, 0.1) is 0 Å². The van der Waals surface area contributed by atoms with Gasteiger partial charge in [0.05, 0.1) is 0 Å². The van der Waals surface area contributed by atoms with Gasteiger partial charge < -0.3 is 5.73 Å². The number of halogens is 4. The van der Waals surface area contributed by atoms with Crippen molar-refractivity contribution in [2.75, 3.05) is 6.54 Å². The zero-order valence-corrected chi connectivity index (χ0v) is 8.65. The predicted molar refractivity (Wildman–Crippen MR) is 51.3 cm³/mol. The van der Waals surface area contributed by atoms with Crippen LogP contribution in [0.5, 0.6) is 0 Å². The Morgan fingerprint density at radius 3 is 2.53 bits per heavy atom. The number of rotatable bonds is 2. The molecule has 0 saturated carbocycles. The van der Waals surface area contributed by atoms with Crippen LogP contribution in [-0.2, 0) is 13.2 Å². The average molecular weight is 240 g/mol. The second-order valence-corrected chi connectivity index (χ2v) is 3.30. The van der Waals surface area contributed by atoms with Gasteiger partial charge >= 0.3 is 6.18 Å². The lowest BCUT2D eigenvalue weighted by Gasteiger charge is -2.06. The number of aromatic nitrogens is 2. The molecule has 3 nitrogen and oxygen atoms in total. The van der Waals surface area contributed by atoms with Crippen molar-refractivity contribution >= 4 is 17.2 Å². The normalized spacial score (nSPS) is 11.9. The monoisotopic (exact) mass is 239 g/mol. The second-order valence-electron chi connectivity index (χ2n) is 2.94. The lowest BCUT2D eigenvalue weighted by molar-refractivity contribution is -0.141. The summed E-state index contributed by atoms with van der Waals surface area (Å²) in [7, 11) is 1.32. The van der Waals surface area contributed by atoms with E-state index in [-0.39, 0.29) is 22.8 Å². The molecule has 1 aromatic heterocycles. The highest BCUT2D eigenvalue weighted by Gasteiger charge is 2.39. The maximum atomic E-state index is 12.5. The summed E-state index contributed by atoms with van der Waals surface area (Å²) in [6.07, 6.45) is -4.56. The van der Waals surface area contributed by atoms with Gasteiger partial charge in [0.1, 0.15) is 5.15 Å². The van der Waals surface area contributed by atoms with Crippen LogP contribution in [-0.4, -0.2) is 16.3 Å². The van der Waals surface area contributed by atoms with Crippen molar-refractivity contribution in [2.45, 2.75) is 6.18 Å². The number of hydrogen-bond acceptors (Lipinski definition) is 2. The van der Waals surface area contributed by atoms with Gasteiger partial charge in [-0.15, -0.1) is 0 Å². The highest BCUT2D eigenvalue weighted by molar-refractivity contribution is 6.31. The Morgan fingerprint density at radius 2 is 2.13 bits per heavy atom. The van der Waals surface area contributed by atoms with E-state index in [0.29, 0.717) is 0 Å². The van der Waals surface area contributed by atoms with Gasteiger partial charge in [-0.2, -0.15) is 18.3 Å². The molecular formula is C8H9ClF3N3. The van der Waals surface area contributed by atoms with E-state index in [0.717, 1.165) is 4.68 Å². The number of nitrogens with zero attached hydrogens (tertiary/aromatic N) is 2. The molecule has 0 radical (unpaired) electrons. The standard InChI is InChI=1S/C8H9ClF3N3/c1-4(3-13)5-6(8(10,11)12)14-15(2)7(5)9/h1,3,13H2,2H3. The number of nitrogens with two attached hydrogens (primary N) is 1. The molecule has 15 heavy (non-hydrogen) atoms. The van der Waals surface area contributed by atoms with Crippen molar-refractivity contribution in [3.8, 4) is 0 Å². The van der Waals surface area contributed by atoms with E-state index in [9.17, 15) is 13.2 Å². The quantitative estimate of drug-likeness (QED) is 0.859. The van der Waals surface area contributed by atoms with E-state index in [4.69, 9.17) is 17.3 Å². The molecule has 0 unspecified atom stereocenters. The Hall–Kier alpha value is -1.01. The van der Waals surface area contributed by atoms with Crippen LogP contribution in [0.2, 0.25) is 5.15 Å². The molecule has 1 aromatic rings. The van der Waals surface area contributed by atoms with Gasteiger partial charge in [0.15, 0.2) is 5.69 Å². The van der Waals surface area contributed by atoms with Crippen LogP contribution in [0.25, 0.3) is 5.57 Å². The molecule has 0 bridgehead atoms. The first kappa shape index (κ1) is 12.1. The Bertz CT molecular complexity index is 395. The summed E-state index contributed by atoms with van der Waals surface area (Å²) >= 11 is 5.68. The third kappa shape index (κ3) is 2.15. The van der Waals surface area contributed by atoms with Crippen molar-refractivity contribution in [2.24, 2.45) is 12.8 Å². The van der Waals surface area contributed by atoms with Crippen molar-refractivity contribution in [1.82, 2.24) is 9.78 Å². The first-order valence-electron chi connectivity index (χ1n) is 3.97. The number of hydrogen-bond donors (Lipinski definition) is 1. The first-order valence-corrected chi connectivity index (χ1v) is 4.34. The molecule has 0 aliphatic heterocycles. The van der Waals surface area contributed by atoms with Crippen LogP contribution >= 0.6 is 11.6 Å². The lowest BCUT2D eigenvalue weighted by Crippen LogP contribution is -2.11. The van der Waals surface area contributed by atoms with E-state index in [2.05, 4.69) is 11.7 Å². The van der Waals surface area contributed by atoms with Crippen molar-refractivity contribution in [3.05, 3.63) is 23.0 Å². The molecule has 1 rings (SSSR count). The summed E-state index contributed by atoms with van der Waals surface area (Å²) in [5.41, 5.74) is 4.07. The van der Waals surface area contributed by atoms with Gasteiger partial charge in [-0.1, -0.05) is 18.2 Å². The average Bonchev–Trinajstić information content (AvgIpc) is 2.42. The van der Waals surface area contributed by atoms with Gasteiger partial charge in [-0.25, -0.2) is 0 Å². The smallest absolute Gasteiger partial charge is 0.326 e. The lowest BCUT2D eigenvalue weighted by atomic mass is 10.1. The molecule has 1 heterocycles. The zero-order valence-electron chi connectivity index (χ0n) is 7.90. The molecule has 0 aliphatic rings. The van der Waals surface area contributed by atoms with Crippen LogP contribution in [0.3, 0.4) is 0 Å². The fourth-order valence-corrected chi connectivity index (χ4v) is 1.38. The maximum Gasteiger partial charge on any atom is 0.435 e. The van der Waals surface area contributed by atoms with Gasteiger partial charge in [-0.3, -0.25) is 4.68 Å². The van der Waals surface area contributed by atoms with E-state index in [1.165, 1.54) is 7.05 Å². The van der Waals surface area contributed by atoms with Gasteiger partial charge in [0.2, 0.25) is 0 Å². The summed E-state index contributed by atoms with van der Waals surface area (Å²) in [4.78, 5) is 0. The molecule has 84 valence electrons. The summed E-state index contributed by atoms with van der Waals surface area (Å²) in [5.74, 6) is 0. The third-order valence-corrected chi connectivity index (χ3v) is 2.28. The highest BCUT2D eigenvalue weighted by Crippen LogP contribution is 2.36. The van der Waals surface area contributed by atoms with Gasteiger partial charge in [-0.05, 0) is 5.57 Å². The second kappa shape index (κ2) is 3.86. The summed E-state index contributed by atoms with van der Waals surface area (Å²) in [6.45, 7) is 3.33. The Balaban J connectivity index is 3.40. The molecule has 0 spiro atoms. The van der Waals surface area contributed by atoms with Crippen LogP contribution in [0.1, 0.15) is 11.3 Å². The van der Waals surface area contributed by atoms with Gasteiger partial charge in [0.25, 0.3) is 0 Å². The third-order valence-electron chi connectivity index (χ3n) is 1.85. The molecule has 0 atom stereocenters. The molecule has 0 saturated heterocycles. The first-order chi connectivity index (χ1) is 6.79. The van der Waals surface area contributed by atoms with Crippen LogP contribution in [0.15, 0.2) is 6.58 Å². The zero-order chi connectivity index (χ0) is 11.8. The van der Waals surface area contributed by atoms with Crippen LogP contribution < -0.4 is 5.73 Å². The van der Waals surface area contributed by atoms with Crippen molar-refractivity contribution in [3.63, 3.8) is 0 Å². The van der Waals surface area contributed by atoms with E-state index < -0.39 is 11.9 Å². The summed E-state index contributed by atoms with van der Waals surface area (Å²) < 4.78 is 38.5. The maximum absolute atomic E-state index is 12.5. The van der Waals surface area contributed by atoms with Crippen molar-refractivity contribution < 1.29 is 13.2 Å². The minimum atomic E-state index is -4.56. The minimum Gasteiger partial charge on any atom is -0.326 e. The predicted octanol–water partition coefficient (Wildman–Crippen LogP) is 2.06. The largest absolute Gasteiger partial charge is 0.435 e. The number of alkyl halides is 3.